The smallest absolute Gasteiger partial charge is 0.257 e. The topological polar surface area (TPSA) is 36.7 Å². The molecule has 2 heterocycles. The number of benzene rings is 1. The summed E-state index contributed by atoms with van der Waals surface area (Å²) in [4.78, 5) is 16.7. The largest absolute Gasteiger partial charge is 0.469 e. The van der Waals surface area contributed by atoms with Crippen molar-refractivity contribution in [2.45, 2.75) is 19.9 Å². The first-order chi connectivity index (χ1) is 11.1. The second-order valence-corrected chi connectivity index (χ2v) is 5.94. The molecule has 1 saturated heterocycles. The van der Waals surface area contributed by atoms with Gasteiger partial charge in [0, 0.05) is 32.7 Å². The number of carbonyl (C=O) groups is 1. The Labute approximate surface area is 135 Å². The Bertz CT molecular complexity index is 666. The normalized spacial score (nSPS) is 16.3. The van der Waals surface area contributed by atoms with E-state index in [1.807, 2.05) is 24.0 Å². The molecule has 1 amide bonds. The lowest BCUT2D eigenvalue weighted by Crippen LogP contribution is -2.35. The van der Waals surface area contributed by atoms with Crippen molar-refractivity contribution in [2.75, 3.05) is 26.2 Å². The van der Waals surface area contributed by atoms with Crippen LogP contribution >= 0.6 is 0 Å². The van der Waals surface area contributed by atoms with E-state index in [0.29, 0.717) is 17.9 Å². The van der Waals surface area contributed by atoms with E-state index in [0.717, 1.165) is 38.2 Å². The summed E-state index contributed by atoms with van der Waals surface area (Å²) in [5.41, 5.74) is 1.74. The molecular formula is C18H21FN2O2. The average Bonchev–Trinajstić information content (AvgIpc) is 2.84. The molecule has 0 spiro atoms. The third-order valence-corrected chi connectivity index (χ3v) is 4.28. The van der Waals surface area contributed by atoms with Crippen molar-refractivity contribution in [3.05, 3.63) is 59.3 Å². The van der Waals surface area contributed by atoms with Crippen molar-refractivity contribution in [1.29, 1.82) is 0 Å². The Balaban J connectivity index is 1.60. The maximum atomic E-state index is 13.0. The molecule has 4 nitrogen and oxygen atoms in total. The third-order valence-electron chi connectivity index (χ3n) is 4.28. The molecule has 0 aliphatic carbocycles. The van der Waals surface area contributed by atoms with Crippen LogP contribution in [0.5, 0.6) is 0 Å². The zero-order valence-electron chi connectivity index (χ0n) is 13.3. The Morgan fingerprint density at radius 2 is 1.91 bits per heavy atom. The number of amides is 1. The predicted octanol–water partition coefficient (Wildman–Crippen LogP) is 3.08. The molecule has 1 aromatic carbocycles. The van der Waals surface area contributed by atoms with E-state index in [2.05, 4.69) is 4.90 Å². The van der Waals surface area contributed by atoms with E-state index in [9.17, 15) is 9.18 Å². The third kappa shape index (κ3) is 3.79. The SMILES string of the molecule is Cc1occc1C(=O)N1CCCN(Cc2ccc(F)cc2)CC1. The van der Waals surface area contributed by atoms with Crippen LogP contribution in [0, 0.1) is 12.7 Å². The highest BCUT2D eigenvalue weighted by Crippen LogP contribution is 2.15. The molecule has 0 radical (unpaired) electrons. The summed E-state index contributed by atoms with van der Waals surface area (Å²) in [6, 6.07) is 8.35. The van der Waals surface area contributed by atoms with Gasteiger partial charge >= 0.3 is 0 Å². The van der Waals surface area contributed by atoms with Gasteiger partial charge in [0.25, 0.3) is 5.91 Å². The molecular weight excluding hydrogens is 295 g/mol. The molecule has 1 aliphatic heterocycles. The molecule has 3 rings (SSSR count). The molecule has 0 N–H and O–H groups in total. The van der Waals surface area contributed by atoms with Crippen molar-refractivity contribution >= 4 is 5.91 Å². The summed E-state index contributed by atoms with van der Waals surface area (Å²) in [6.45, 7) is 5.80. The molecule has 1 aromatic heterocycles. The second kappa shape index (κ2) is 6.96. The van der Waals surface area contributed by atoms with E-state index >= 15 is 0 Å². The molecule has 0 bridgehead atoms. The molecule has 0 atom stereocenters. The molecule has 0 saturated carbocycles. The summed E-state index contributed by atoms with van der Waals surface area (Å²) < 4.78 is 18.2. The van der Waals surface area contributed by atoms with Gasteiger partial charge in [-0.1, -0.05) is 12.1 Å². The summed E-state index contributed by atoms with van der Waals surface area (Å²) >= 11 is 0. The maximum Gasteiger partial charge on any atom is 0.257 e. The predicted molar refractivity (Wildman–Crippen MR) is 85.6 cm³/mol. The fraction of sp³-hybridized carbons (Fsp3) is 0.389. The Morgan fingerprint density at radius 1 is 1.13 bits per heavy atom. The van der Waals surface area contributed by atoms with Crippen LogP contribution in [0.25, 0.3) is 0 Å². The lowest BCUT2D eigenvalue weighted by molar-refractivity contribution is 0.0759. The number of nitrogens with zero attached hydrogens (tertiary/aromatic N) is 2. The number of rotatable bonds is 3. The van der Waals surface area contributed by atoms with Crippen molar-refractivity contribution in [3.63, 3.8) is 0 Å². The fourth-order valence-electron chi connectivity index (χ4n) is 2.96. The molecule has 2 aromatic rings. The van der Waals surface area contributed by atoms with Gasteiger partial charge in [-0.15, -0.1) is 0 Å². The van der Waals surface area contributed by atoms with Gasteiger partial charge in [-0.2, -0.15) is 0 Å². The van der Waals surface area contributed by atoms with Gasteiger partial charge in [0.2, 0.25) is 0 Å². The molecule has 1 fully saturated rings. The number of halogens is 1. The fourth-order valence-corrected chi connectivity index (χ4v) is 2.96. The minimum Gasteiger partial charge on any atom is -0.469 e. The summed E-state index contributed by atoms with van der Waals surface area (Å²) in [6.07, 6.45) is 2.49. The van der Waals surface area contributed by atoms with E-state index in [1.54, 1.807) is 12.3 Å². The lowest BCUT2D eigenvalue weighted by Gasteiger charge is -2.22. The quantitative estimate of drug-likeness (QED) is 0.873. The maximum absolute atomic E-state index is 13.0. The monoisotopic (exact) mass is 316 g/mol. The van der Waals surface area contributed by atoms with Gasteiger partial charge in [-0.25, -0.2) is 4.39 Å². The van der Waals surface area contributed by atoms with E-state index in [4.69, 9.17) is 4.42 Å². The summed E-state index contributed by atoms with van der Waals surface area (Å²) in [7, 11) is 0. The number of hydrogen-bond donors (Lipinski definition) is 0. The number of aryl methyl sites for hydroxylation is 1. The van der Waals surface area contributed by atoms with Crippen molar-refractivity contribution in [1.82, 2.24) is 9.80 Å². The first-order valence-corrected chi connectivity index (χ1v) is 7.93. The van der Waals surface area contributed by atoms with Crippen molar-refractivity contribution in [3.8, 4) is 0 Å². The number of furan rings is 1. The van der Waals surface area contributed by atoms with Gasteiger partial charge in [0.15, 0.2) is 0 Å². The standard InChI is InChI=1S/C18H21FN2O2/c1-14-17(7-12-23-14)18(22)21-9-2-8-20(10-11-21)13-15-3-5-16(19)6-4-15/h3-7,12H,2,8-11,13H2,1H3. The minimum atomic E-state index is -0.211. The number of carbonyl (C=O) groups excluding carboxylic acids is 1. The first kappa shape index (κ1) is 15.7. The lowest BCUT2D eigenvalue weighted by atomic mass is 10.2. The van der Waals surface area contributed by atoms with Gasteiger partial charge in [0.1, 0.15) is 11.6 Å². The van der Waals surface area contributed by atoms with Crippen LogP contribution in [0.2, 0.25) is 0 Å². The van der Waals surface area contributed by atoms with Gasteiger partial charge in [-0.3, -0.25) is 9.69 Å². The van der Waals surface area contributed by atoms with Crippen LogP contribution in [0.4, 0.5) is 4.39 Å². The highest BCUT2D eigenvalue weighted by molar-refractivity contribution is 5.95. The highest BCUT2D eigenvalue weighted by atomic mass is 19.1. The highest BCUT2D eigenvalue weighted by Gasteiger charge is 2.22. The number of hydrogen-bond acceptors (Lipinski definition) is 3. The molecule has 1 aliphatic rings. The van der Waals surface area contributed by atoms with Crippen LogP contribution in [0.3, 0.4) is 0 Å². The summed E-state index contributed by atoms with van der Waals surface area (Å²) in [5.74, 6) is 0.499. The zero-order valence-corrected chi connectivity index (χ0v) is 13.3. The zero-order chi connectivity index (χ0) is 16.2. The van der Waals surface area contributed by atoms with Crippen LogP contribution in [-0.2, 0) is 6.54 Å². The van der Waals surface area contributed by atoms with Crippen molar-refractivity contribution < 1.29 is 13.6 Å². The summed E-state index contributed by atoms with van der Waals surface area (Å²) in [5, 5.41) is 0. The van der Waals surface area contributed by atoms with E-state index in [1.165, 1.54) is 12.1 Å². The second-order valence-electron chi connectivity index (χ2n) is 5.94. The molecule has 122 valence electrons. The Kier molecular flexibility index (Phi) is 4.76. The molecule has 0 unspecified atom stereocenters. The first-order valence-electron chi connectivity index (χ1n) is 7.93. The van der Waals surface area contributed by atoms with Crippen LogP contribution in [0.1, 0.15) is 28.1 Å². The van der Waals surface area contributed by atoms with Crippen LogP contribution in [-0.4, -0.2) is 41.9 Å². The van der Waals surface area contributed by atoms with Crippen LogP contribution in [0.15, 0.2) is 41.0 Å². The van der Waals surface area contributed by atoms with Gasteiger partial charge < -0.3 is 9.32 Å². The van der Waals surface area contributed by atoms with Crippen molar-refractivity contribution in [2.24, 2.45) is 0 Å². The van der Waals surface area contributed by atoms with Crippen LogP contribution < -0.4 is 0 Å². The van der Waals surface area contributed by atoms with Gasteiger partial charge in [-0.05, 0) is 37.1 Å². The molecule has 23 heavy (non-hydrogen) atoms. The van der Waals surface area contributed by atoms with E-state index < -0.39 is 0 Å². The Morgan fingerprint density at radius 3 is 2.61 bits per heavy atom. The van der Waals surface area contributed by atoms with E-state index in [-0.39, 0.29) is 11.7 Å². The average molecular weight is 316 g/mol. The van der Waals surface area contributed by atoms with Gasteiger partial charge in [0.05, 0.1) is 11.8 Å². The molecule has 5 heteroatoms. The Hall–Kier alpha value is -2.14. The minimum absolute atomic E-state index is 0.0416.